The average Bonchev–Trinajstić information content (AvgIpc) is 3.20. The normalized spacial score (nSPS) is 14.1. The fraction of sp³-hybridized carbons (Fsp3) is 0.409. The van der Waals surface area contributed by atoms with E-state index < -0.39 is 0 Å². The molecule has 1 amide bonds. The number of hydrogen-bond donors (Lipinski definition) is 2. The van der Waals surface area contributed by atoms with E-state index in [1.54, 1.807) is 7.11 Å². The highest BCUT2D eigenvalue weighted by Crippen LogP contribution is 2.36. The zero-order valence-corrected chi connectivity index (χ0v) is 18.1. The number of halogens is 1. The molecule has 1 saturated carbocycles. The van der Waals surface area contributed by atoms with E-state index in [1.165, 1.54) is 31.2 Å². The van der Waals surface area contributed by atoms with Gasteiger partial charge in [0.1, 0.15) is 6.54 Å². The van der Waals surface area contributed by atoms with Gasteiger partial charge < -0.3 is 20.1 Å². The van der Waals surface area contributed by atoms with Gasteiger partial charge in [0, 0.05) is 11.3 Å². The minimum Gasteiger partial charge on any atom is -0.493 e. The van der Waals surface area contributed by atoms with E-state index in [9.17, 15) is 4.79 Å². The van der Waals surface area contributed by atoms with Crippen LogP contribution in [0.3, 0.4) is 0 Å². The lowest BCUT2D eigenvalue weighted by atomic mass is 10.1. The van der Waals surface area contributed by atoms with Gasteiger partial charge in [-0.15, -0.1) is 0 Å². The molecular weight excluding hydrogens is 420 g/mol. The molecule has 5 nitrogen and oxygen atoms in total. The Labute approximate surface area is 174 Å². The van der Waals surface area contributed by atoms with Crippen LogP contribution in [0.5, 0.6) is 11.5 Å². The molecule has 0 aromatic heterocycles. The summed E-state index contributed by atoms with van der Waals surface area (Å²) in [5.41, 5.74) is 2.98. The SMILES string of the molecule is COc1cc(C[NH2+]C2CCCC2)cc(Br)c1OCC(=O)Nc1ccccc1C. The van der Waals surface area contributed by atoms with Crippen molar-refractivity contribution in [1.82, 2.24) is 0 Å². The second kappa shape index (κ2) is 9.94. The van der Waals surface area contributed by atoms with Crippen LogP contribution in [0.1, 0.15) is 36.8 Å². The van der Waals surface area contributed by atoms with E-state index in [0.717, 1.165) is 28.3 Å². The Hall–Kier alpha value is -2.05. The number of ether oxygens (including phenoxy) is 2. The molecule has 0 spiro atoms. The van der Waals surface area contributed by atoms with Gasteiger partial charge in [-0.25, -0.2) is 0 Å². The number of aryl methyl sites for hydroxylation is 1. The van der Waals surface area contributed by atoms with Crippen molar-refractivity contribution >= 4 is 27.5 Å². The molecule has 1 aliphatic carbocycles. The Morgan fingerprint density at radius 2 is 2.00 bits per heavy atom. The Balaban J connectivity index is 1.61. The summed E-state index contributed by atoms with van der Waals surface area (Å²) < 4.78 is 12.1. The molecule has 2 aromatic rings. The number of anilines is 1. The number of carbonyl (C=O) groups excluding carboxylic acids is 1. The Morgan fingerprint density at radius 3 is 2.71 bits per heavy atom. The molecule has 0 saturated heterocycles. The monoisotopic (exact) mass is 447 g/mol. The summed E-state index contributed by atoms with van der Waals surface area (Å²) in [6, 6.07) is 12.4. The number of methoxy groups -OCH3 is 1. The molecule has 3 N–H and O–H groups in total. The first-order chi connectivity index (χ1) is 13.6. The van der Waals surface area contributed by atoms with Gasteiger partial charge in [0.2, 0.25) is 0 Å². The molecule has 0 unspecified atom stereocenters. The number of nitrogens with one attached hydrogen (secondary N) is 1. The minimum absolute atomic E-state index is 0.0865. The third-order valence-corrected chi connectivity index (χ3v) is 5.73. The summed E-state index contributed by atoms with van der Waals surface area (Å²) in [6.45, 7) is 2.78. The maximum atomic E-state index is 12.3. The number of rotatable bonds is 8. The van der Waals surface area contributed by atoms with E-state index in [2.05, 4.69) is 26.6 Å². The highest BCUT2D eigenvalue weighted by Gasteiger charge is 2.19. The topological polar surface area (TPSA) is 64.2 Å². The summed E-state index contributed by atoms with van der Waals surface area (Å²) in [6.07, 6.45) is 5.28. The molecular formula is C22H28BrN2O3+. The highest BCUT2D eigenvalue weighted by atomic mass is 79.9. The smallest absolute Gasteiger partial charge is 0.262 e. The van der Waals surface area contributed by atoms with E-state index in [1.807, 2.05) is 43.3 Å². The lowest BCUT2D eigenvalue weighted by Gasteiger charge is -2.15. The maximum Gasteiger partial charge on any atom is 0.262 e. The van der Waals surface area contributed by atoms with Crippen molar-refractivity contribution in [3.8, 4) is 11.5 Å². The van der Waals surface area contributed by atoms with E-state index in [0.29, 0.717) is 11.5 Å². The summed E-state index contributed by atoms with van der Waals surface area (Å²) in [7, 11) is 1.62. The second-order valence-corrected chi connectivity index (χ2v) is 8.10. The maximum absolute atomic E-state index is 12.3. The van der Waals surface area contributed by atoms with Crippen molar-refractivity contribution in [2.24, 2.45) is 0 Å². The molecule has 28 heavy (non-hydrogen) atoms. The van der Waals surface area contributed by atoms with Crippen molar-refractivity contribution < 1.29 is 19.6 Å². The Morgan fingerprint density at radius 1 is 1.25 bits per heavy atom. The van der Waals surface area contributed by atoms with Crippen molar-refractivity contribution in [2.45, 2.75) is 45.2 Å². The first-order valence-electron chi connectivity index (χ1n) is 9.75. The Kier molecular flexibility index (Phi) is 7.34. The van der Waals surface area contributed by atoms with Gasteiger partial charge >= 0.3 is 0 Å². The molecule has 0 bridgehead atoms. The van der Waals surface area contributed by atoms with Crippen LogP contribution in [0.2, 0.25) is 0 Å². The standard InChI is InChI=1S/C22H27BrN2O3/c1-15-7-3-6-10-19(15)25-21(26)14-28-22-18(23)11-16(12-20(22)27-2)13-24-17-8-4-5-9-17/h3,6-7,10-12,17,24H,4-5,8-9,13-14H2,1-2H3,(H,25,26)/p+1. The number of carbonyl (C=O) groups is 1. The van der Waals surface area contributed by atoms with Crippen LogP contribution in [-0.4, -0.2) is 25.7 Å². The number of amides is 1. The number of quaternary nitrogens is 1. The average molecular weight is 448 g/mol. The third-order valence-electron chi connectivity index (χ3n) is 5.14. The van der Waals surface area contributed by atoms with Crippen LogP contribution < -0.4 is 20.1 Å². The van der Waals surface area contributed by atoms with Gasteiger partial charge in [0.05, 0.1) is 17.6 Å². The van der Waals surface area contributed by atoms with Crippen LogP contribution in [0.25, 0.3) is 0 Å². The predicted octanol–water partition coefficient (Wildman–Crippen LogP) is 3.79. The van der Waals surface area contributed by atoms with Crippen LogP contribution in [0.4, 0.5) is 5.69 Å². The van der Waals surface area contributed by atoms with Gasteiger partial charge in [-0.2, -0.15) is 0 Å². The number of nitrogens with two attached hydrogens (primary N) is 1. The Bertz CT molecular complexity index is 819. The summed E-state index contributed by atoms with van der Waals surface area (Å²) in [5.74, 6) is 0.974. The summed E-state index contributed by atoms with van der Waals surface area (Å²) >= 11 is 3.57. The van der Waals surface area contributed by atoms with Crippen molar-refractivity contribution in [2.75, 3.05) is 19.0 Å². The van der Waals surface area contributed by atoms with Crippen LogP contribution in [-0.2, 0) is 11.3 Å². The van der Waals surface area contributed by atoms with Gasteiger partial charge in [-0.3, -0.25) is 4.79 Å². The molecule has 2 aromatic carbocycles. The lowest BCUT2D eigenvalue weighted by Crippen LogP contribution is -2.87. The number of benzene rings is 2. The summed E-state index contributed by atoms with van der Waals surface area (Å²) in [4.78, 5) is 12.3. The molecule has 1 fully saturated rings. The predicted molar refractivity (Wildman–Crippen MR) is 114 cm³/mol. The van der Waals surface area contributed by atoms with Gasteiger partial charge in [0.15, 0.2) is 18.1 Å². The third kappa shape index (κ3) is 5.49. The molecule has 0 heterocycles. The van der Waals surface area contributed by atoms with Gasteiger partial charge in [-0.05, 0) is 72.3 Å². The molecule has 0 atom stereocenters. The second-order valence-electron chi connectivity index (χ2n) is 7.25. The number of hydrogen-bond acceptors (Lipinski definition) is 3. The molecule has 0 radical (unpaired) electrons. The van der Waals surface area contributed by atoms with Gasteiger partial charge in [-0.1, -0.05) is 18.2 Å². The quantitative estimate of drug-likeness (QED) is 0.646. The molecule has 1 aliphatic rings. The first kappa shape index (κ1) is 20.7. The van der Waals surface area contributed by atoms with Crippen LogP contribution in [0.15, 0.2) is 40.9 Å². The fourth-order valence-corrected chi connectivity index (χ4v) is 4.17. The van der Waals surface area contributed by atoms with Crippen molar-refractivity contribution in [3.63, 3.8) is 0 Å². The zero-order chi connectivity index (χ0) is 19.9. The fourth-order valence-electron chi connectivity index (χ4n) is 3.56. The van der Waals surface area contributed by atoms with E-state index in [-0.39, 0.29) is 12.5 Å². The molecule has 150 valence electrons. The summed E-state index contributed by atoms with van der Waals surface area (Å²) in [5, 5.41) is 5.28. The zero-order valence-electron chi connectivity index (χ0n) is 16.5. The lowest BCUT2D eigenvalue weighted by molar-refractivity contribution is -0.703. The van der Waals surface area contributed by atoms with Crippen molar-refractivity contribution in [1.29, 1.82) is 0 Å². The molecule has 3 rings (SSSR count). The largest absolute Gasteiger partial charge is 0.493 e. The molecule has 0 aliphatic heterocycles. The highest BCUT2D eigenvalue weighted by molar-refractivity contribution is 9.10. The van der Waals surface area contributed by atoms with E-state index in [4.69, 9.17) is 9.47 Å². The minimum atomic E-state index is -0.207. The molecule has 6 heteroatoms. The van der Waals surface area contributed by atoms with Gasteiger partial charge in [0.25, 0.3) is 5.91 Å². The van der Waals surface area contributed by atoms with Crippen LogP contribution >= 0.6 is 15.9 Å². The number of para-hydroxylation sites is 1. The van der Waals surface area contributed by atoms with Crippen molar-refractivity contribution in [3.05, 3.63) is 52.0 Å². The first-order valence-corrected chi connectivity index (χ1v) is 10.5. The van der Waals surface area contributed by atoms with E-state index >= 15 is 0 Å². The van der Waals surface area contributed by atoms with Crippen LogP contribution in [0, 0.1) is 6.92 Å².